The van der Waals surface area contributed by atoms with Crippen molar-refractivity contribution < 1.29 is 0 Å². The minimum atomic E-state index is 0.832. The third-order valence-corrected chi connectivity index (χ3v) is 1.73. The fraction of sp³-hybridized carbons (Fsp3) is 1.00. The minimum Gasteiger partial charge on any atom is -0.330 e. The number of unbranched alkanes of at least 4 members (excludes halogenated alkanes) is 2. The molecule has 0 rings (SSSR count). The Morgan fingerprint density at radius 3 is 2.50 bits per heavy atom. The van der Waals surface area contributed by atoms with Crippen molar-refractivity contribution in [2.75, 3.05) is 25.0 Å². The van der Waals surface area contributed by atoms with Crippen LogP contribution in [0.25, 0.3) is 0 Å². The standard InChI is InChI=1S/C7H17BrN2/c8-4-7-10-6-3-1-2-5-9/h10H,1-7,9H2. The van der Waals surface area contributed by atoms with Crippen molar-refractivity contribution in [3.8, 4) is 0 Å². The van der Waals surface area contributed by atoms with Gasteiger partial charge in [-0.1, -0.05) is 22.4 Å². The monoisotopic (exact) mass is 208 g/mol. The first kappa shape index (κ1) is 10.4. The maximum Gasteiger partial charge on any atom is 0.0157 e. The number of rotatable bonds is 7. The summed E-state index contributed by atoms with van der Waals surface area (Å²) in [6.07, 6.45) is 3.67. The number of nitrogens with one attached hydrogen (secondary N) is 1. The molecule has 0 saturated carbocycles. The van der Waals surface area contributed by atoms with Gasteiger partial charge in [0.25, 0.3) is 0 Å². The number of halogens is 1. The van der Waals surface area contributed by atoms with Crippen molar-refractivity contribution in [1.82, 2.24) is 5.32 Å². The van der Waals surface area contributed by atoms with E-state index in [0.717, 1.165) is 31.4 Å². The maximum atomic E-state index is 5.34. The van der Waals surface area contributed by atoms with E-state index in [9.17, 15) is 0 Å². The summed E-state index contributed by atoms with van der Waals surface area (Å²) in [5.41, 5.74) is 5.34. The molecule has 0 aromatic rings. The highest BCUT2D eigenvalue weighted by atomic mass is 79.9. The van der Waals surface area contributed by atoms with E-state index in [2.05, 4.69) is 21.2 Å². The molecule has 0 amide bonds. The van der Waals surface area contributed by atoms with Crippen molar-refractivity contribution >= 4 is 15.9 Å². The molecule has 0 atom stereocenters. The lowest BCUT2D eigenvalue weighted by Gasteiger charge is -2.00. The van der Waals surface area contributed by atoms with Crippen molar-refractivity contribution in [2.24, 2.45) is 5.73 Å². The number of alkyl halides is 1. The van der Waals surface area contributed by atoms with Crippen LogP contribution in [0.2, 0.25) is 0 Å². The third kappa shape index (κ3) is 8.40. The second-order valence-corrected chi connectivity index (χ2v) is 3.08. The molecule has 0 aliphatic carbocycles. The number of nitrogens with two attached hydrogens (primary N) is 1. The van der Waals surface area contributed by atoms with E-state index >= 15 is 0 Å². The first-order valence-electron chi connectivity index (χ1n) is 3.88. The molecule has 10 heavy (non-hydrogen) atoms. The van der Waals surface area contributed by atoms with Gasteiger partial charge in [0.1, 0.15) is 0 Å². The van der Waals surface area contributed by atoms with Gasteiger partial charge in [0.15, 0.2) is 0 Å². The van der Waals surface area contributed by atoms with Gasteiger partial charge in [-0.2, -0.15) is 0 Å². The molecule has 0 spiro atoms. The average molecular weight is 209 g/mol. The lowest BCUT2D eigenvalue weighted by atomic mass is 10.2. The van der Waals surface area contributed by atoms with Gasteiger partial charge in [-0.15, -0.1) is 0 Å². The Hall–Kier alpha value is 0.400. The first-order valence-corrected chi connectivity index (χ1v) is 5.00. The quantitative estimate of drug-likeness (QED) is 0.486. The molecule has 0 aliphatic rings. The highest BCUT2D eigenvalue weighted by molar-refractivity contribution is 9.09. The van der Waals surface area contributed by atoms with Gasteiger partial charge in [-0.3, -0.25) is 0 Å². The Morgan fingerprint density at radius 1 is 1.10 bits per heavy atom. The zero-order chi connectivity index (χ0) is 7.66. The second-order valence-electron chi connectivity index (χ2n) is 2.29. The van der Waals surface area contributed by atoms with Crippen LogP contribution in [0, 0.1) is 0 Å². The van der Waals surface area contributed by atoms with Crippen LogP contribution >= 0.6 is 15.9 Å². The van der Waals surface area contributed by atoms with E-state index in [-0.39, 0.29) is 0 Å². The second kappa shape index (κ2) is 9.40. The summed E-state index contributed by atoms with van der Waals surface area (Å²) in [5, 5.41) is 4.35. The van der Waals surface area contributed by atoms with E-state index in [1.54, 1.807) is 0 Å². The third-order valence-electron chi connectivity index (χ3n) is 1.33. The number of hydrogen-bond donors (Lipinski definition) is 2. The van der Waals surface area contributed by atoms with Gasteiger partial charge in [0, 0.05) is 11.9 Å². The lowest BCUT2D eigenvalue weighted by molar-refractivity contribution is 0.623. The molecule has 0 saturated heterocycles. The topological polar surface area (TPSA) is 38.0 Å². The molecule has 0 aromatic carbocycles. The smallest absolute Gasteiger partial charge is 0.0157 e. The van der Waals surface area contributed by atoms with Gasteiger partial charge in [-0.05, 0) is 25.9 Å². The molecule has 0 aliphatic heterocycles. The fourth-order valence-corrected chi connectivity index (χ4v) is 1.04. The largest absolute Gasteiger partial charge is 0.330 e. The van der Waals surface area contributed by atoms with Crippen molar-refractivity contribution in [1.29, 1.82) is 0 Å². The average Bonchev–Trinajstić information content (AvgIpc) is 1.97. The summed E-state index contributed by atoms with van der Waals surface area (Å²) < 4.78 is 0. The Kier molecular flexibility index (Phi) is 9.78. The molecular formula is C7H17BrN2. The Bertz CT molecular complexity index is 51.6. The van der Waals surface area contributed by atoms with Crippen molar-refractivity contribution in [2.45, 2.75) is 19.3 Å². The van der Waals surface area contributed by atoms with Gasteiger partial charge in [-0.25, -0.2) is 0 Å². The van der Waals surface area contributed by atoms with Gasteiger partial charge in [0.05, 0.1) is 0 Å². The predicted molar refractivity (Wildman–Crippen MR) is 49.6 cm³/mol. The van der Waals surface area contributed by atoms with E-state index < -0.39 is 0 Å². The molecular weight excluding hydrogens is 192 g/mol. The normalized spacial score (nSPS) is 10.2. The fourth-order valence-electron chi connectivity index (χ4n) is 0.763. The molecule has 0 radical (unpaired) electrons. The molecule has 0 unspecified atom stereocenters. The van der Waals surface area contributed by atoms with Crippen molar-refractivity contribution in [3.05, 3.63) is 0 Å². The van der Waals surface area contributed by atoms with Crippen LogP contribution in [-0.2, 0) is 0 Å². The zero-order valence-corrected chi connectivity index (χ0v) is 7.99. The summed E-state index contributed by atoms with van der Waals surface area (Å²) >= 11 is 3.35. The van der Waals surface area contributed by atoms with Gasteiger partial charge < -0.3 is 11.1 Å². The van der Waals surface area contributed by atoms with Crippen LogP contribution in [0.15, 0.2) is 0 Å². The highest BCUT2D eigenvalue weighted by Crippen LogP contribution is 1.90. The Balaban J connectivity index is 2.65. The van der Waals surface area contributed by atoms with Gasteiger partial charge >= 0.3 is 0 Å². The first-order chi connectivity index (χ1) is 4.91. The molecule has 0 heterocycles. The Labute approximate surface area is 71.7 Å². The summed E-state index contributed by atoms with van der Waals surface area (Å²) in [4.78, 5) is 0. The maximum absolute atomic E-state index is 5.34. The molecule has 3 heteroatoms. The van der Waals surface area contributed by atoms with Crippen LogP contribution < -0.4 is 11.1 Å². The Morgan fingerprint density at radius 2 is 1.90 bits per heavy atom. The van der Waals surface area contributed by atoms with Gasteiger partial charge in [0.2, 0.25) is 0 Å². The van der Waals surface area contributed by atoms with Crippen LogP contribution in [0.3, 0.4) is 0 Å². The summed E-state index contributed by atoms with van der Waals surface area (Å²) in [7, 11) is 0. The van der Waals surface area contributed by atoms with Crippen LogP contribution in [0.4, 0.5) is 0 Å². The number of hydrogen-bond acceptors (Lipinski definition) is 2. The van der Waals surface area contributed by atoms with E-state index in [1.807, 2.05) is 0 Å². The van der Waals surface area contributed by atoms with Crippen molar-refractivity contribution in [3.63, 3.8) is 0 Å². The minimum absolute atomic E-state index is 0.832. The molecule has 0 fully saturated rings. The molecule has 0 bridgehead atoms. The summed E-state index contributed by atoms with van der Waals surface area (Å²) in [5.74, 6) is 0. The lowest BCUT2D eigenvalue weighted by Crippen LogP contribution is -2.17. The summed E-state index contributed by atoms with van der Waals surface area (Å²) in [6, 6.07) is 0. The van der Waals surface area contributed by atoms with E-state index in [1.165, 1.54) is 12.8 Å². The van der Waals surface area contributed by atoms with Crippen LogP contribution in [0.1, 0.15) is 19.3 Å². The molecule has 2 nitrogen and oxygen atoms in total. The van der Waals surface area contributed by atoms with E-state index in [0.29, 0.717) is 0 Å². The SMILES string of the molecule is NCCCCCNCCBr. The molecule has 0 aromatic heterocycles. The predicted octanol–water partition coefficient (Wildman–Crippen LogP) is 1.10. The van der Waals surface area contributed by atoms with Crippen LogP contribution in [0.5, 0.6) is 0 Å². The molecule has 3 N–H and O–H groups in total. The van der Waals surface area contributed by atoms with E-state index in [4.69, 9.17) is 5.73 Å². The summed E-state index contributed by atoms with van der Waals surface area (Å²) in [6.45, 7) is 3.03. The zero-order valence-electron chi connectivity index (χ0n) is 6.41. The van der Waals surface area contributed by atoms with Crippen LogP contribution in [-0.4, -0.2) is 25.0 Å². The highest BCUT2D eigenvalue weighted by Gasteiger charge is 1.86. The molecule has 62 valence electrons.